The summed E-state index contributed by atoms with van der Waals surface area (Å²) in [5.41, 5.74) is 9.26. The molecule has 0 saturated carbocycles. The molecule has 0 N–H and O–H groups in total. The second-order valence-corrected chi connectivity index (χ2v) is 12.8. The van der Waals surface area contributed by atoms with Gasteiger partial charge in [0.1, 0.15) is 22.3 Å². The molecule has 0 radical (unpaired) electrons. The average Bonchev–Trinajstić information content (AvgIpc) is 3.86. The lowest BCUT2D eigenvalue weighted by Crippen LogP contribution is -2.06. The van der Waals surface area contributed by atoms with E-state index in [1.165, 1.54) is 0 Å². The molecule has 0 unspecified atom stereocenters. The minimum absolute atomic E-state index is 0.523. The standard InChI is InChI=1S/C45H26N4O2/c1-3-12-27(13-4-1)29-22-23-39-35(24-29)42-32(18-11-21-40(42)50-39)44-46-43(28-14-5-2-6-15-28)47-45(48-44)49-36-19-9-7-16-30(36)33-25-34-31-17-8-10-20-38(31)51-41(34)26-37(33)49/h1-26H. The van der Waals surface area contributed by atoms with Crippen molar-refractivity contribution in [2.75, 3.05) is 0 Å². The zero-order chi connectivity index (χ0) is 33.5. The number of hydrogen-bond donors (Lipinski definition) is 0. The summed E-state index contributed by atoms with van der Waals surface area (Å²) in [4.78, 5) is 15.6. The van der Waals surface area contributed by atoms with E-state index in [2.05, 4.69) is 95.6 Å². The van der Waals surface area contributed by atoms with Crippen LogP contribution in [0.4, 0.5) is 0 Å². The Bertz CT molecular complexity index is 3140. The summed E-state index contributed by atoms with van der Waals surface area (Å²) in [6.45, 7) is 0. The SMILES string of the molecule is c1ccc(-c2ccc3oc4cccc(-c5nc(-c6ccccc6)nc(-n6c7ccccc7c7cc8c(cc76)oc6ccccc68)n5)c4c3c2)cc1. The van der Waals surface area contributed by atoms with Crippen LogP contribution in [0.3, 0.4) is 0 Å². The minimum atomic E-state index is 0.523. The zero-order valence-electron chi connectivity index (χ0n) is 27.1. The number of aromatic nitrogens is 4. The fraction of sp³-hybridized carbons (Fsp3) is 0. The van der Waals surface area contributed by atoms with Gasteiger partial charge in [-0.2, -0.15) is 9.97 Å². The van der Waals surface area contributed by atoms with Gasteiger partial charge in [0.15, 0.2) is 11.6 Å². The molecule has 4 aromatic heterocycles. The molecule has 0 atom stereocenters. The Balaban J connectivity index is 1.21. The largest absolute Gasteiger partial charge is 0.456 e. The third kappa shape index (κ3) is 4.26. The van der Waals surface area contributed by atoms with Gasteiger partial charge < -0.3 is 8.83 Å². The molecule has 4 heterocycles. The van der Waals surface area contributed by atoms with Gasteiger partial charge in [0.2, 0.25) is 5.95 Å². The Kier molecular flexibility index (Phi) is 5.86. The summed E-state index contributed by atoms with van der Waals surface area (Å²) in [5, 5.41) is 6.36. The second-order valence-electron chi connectivity index (χ2n) is 12.8. The third-order valence-corrected chi connectivity index (χ3v) is 9.87. The topological polar surface area (TPSA) is 69.9 Å². The van der Waals surface area contributed by atoms with Crippen LogP contribution in [-0.4, -0.2) is 19.5 Å². The molecule has 0 fully saturated rings. The highest BCUT2D eigenvalue weighted by molar-refractivity contribution is 6.17. The van der Waals surface area contributed by atoms with Crippen LogP contribution < -0.4 is 0 Å². The fourth-order valence-corrected chi connectivity index (χ4v) is 7.53. The molecule has 6 heteroatoms. The normalized spacial score (nSPS) is 11.9. The first-order valence-electron chi connectivity index (χ1n) is 16.9. The van der Waals surface area contributed by atoms with Gasteiger partial charge >= 0.3 is 0 Å². The van der Waals surface area contributed by atoms with Crippen LogP contribution in [0.2, 0.25) is 0 Å². The van der Waals surface area contributed by atoms with Gasteiger partial charge in [-0.1, -0.05) is 115 Å². The lowest BCUT2D eigenvalue weighted by atomic mass is 10.0. The third-order valence-electron chi connectivity index (χ3n) is 9.87. The molecule has 0 aliphatic rings. The van der Waals surface area contributed by atoms with Crippen LogP contribution in [0.25, 0.3) is 106 Å². The Hall–Kier alpha value is -7.05. The van der Waals surface area contributed by atoms with Crippen LogP contribution in [0.1, 0.15) is 0 Å². The number of para-hydroxylation sites is 2. The second kappa shape index (κ2) is 10.7. The van der Waals surface area contributed by atoms with Crippen molar-refractivity contribution in [3.05, 3.63) is 158 Å². The van der Waals surface area contributed by atoms with Crippen molar-refractivity contribution in [1.29, 1.82) is 0 Å². The first-order chi connectivity index (χ1) is 25.3. The maximum Gasteiger partial charge on any atom is 0.238 e. The van der Waals surface area contributed by atoms with Crippen molar-refractivity contribution < 1.29 is 8.83 Å². The van der Waals surface area contributed by atoms with Crippen molar-refractivity contribution in [2.45, 2.75) is 0 Å². The lowest BCUT2D eigenvalue weighted by Gasteiger charge is -2.11. The first kappa shape index (κ1) is 27.9. The Morgan fingerprint density at radius 3 is 1.92 bits per heavy atom. The summed E-state index contributed by atoms with van der Waals surface area (Å²) >= 11 is 0. The van der Waals surface area contributed by atoms with E-state index in [4.69, 9.17) is 23.8 Å². The van der Waals surface area contributed by atoms with Crippen LogP contribution in [0.15, 0.2) is 167 Å². The summed E-state index contributed by atoms with van der Waals surface area (Å²) in [7, 11) is 0. The predicted molar refractivity (Wildman–Crippen MR) is 205 cm³/mol. The van der Waals surface area contributed by atoms with Crippen molar-refractivity contribution in [3.8, 4) is 39.9 Å². The number of fused-ring (bicyclic) bond motifs is 9. The van der Waals surface area contributed by atoms with Crippen LogP contribution in [0.5, 0.6) is 0 Å². The van der Waals surface area contributed by atoms with Gasteiger partial charge in [0, 0.05) is 49.5 Å². The molecule has 0 spiro atoms. The number of hydrogen-bond acceptors (Lipinski definition) is 5. The maximum absolute atomic E-state index is 6.42. The molecule has 6 nitrogen and oxygen atoms in total. The fourth-order valence-electron chi connectivity index (χ4n) is 7.53. The van der Waals surface area contributed by atoms with Crippen molar-refractivity contribution in [1.82, 2.24) is 19.5 Å². The quantitative estimate of drug-likeness (QED) is 0.189. The number of benzene rings is 7. The average molecular weight is 655 g/mol. The summed E-state index contributed by atoms with van der Waals surface area (Å²) in [6.07, 6.45) is 0. The van der Waals surface area contributed by atoms with E-state index in [1.54, 1.807) is 0 Å². The molecule has 0 aliphatic carbocycles. The minimum Gasteiger partial charge on any atom is -0.456 e. The molecule has 7 aromatic carbocycles. The Labute approximate surface area is 290 Å². The summed E-state index contributed by atoms with van der Waals surface area (Å²) in [6, 6.07) is 53.9. The van der Waals surface area contributed by atoms with Gasteiger partial charge in [-0.25, -0.2) is 4.98 Å². The van der Waals surface area contributed by atoms with Crippen molar-refractivity contribution in [3.63, 3.8) is 0 Å². The van der Waals surface area contributed by atoms with Gasteiger partial charge in [-0.3, -0.25) is 4.57 Å². The van der Waals surface area contributed by atoms with Gasteiger partial charge in [-0.15, -0.1) is 0 Å². The zero-order valence-corrected chi connectivity index (χ0v) is 27.1. The van der Waals surface area contributed by atoms with Crippen LogP contribution >= 0.6 is 0 Å². The molecule has 0 amide bonds. The van der Waals surface area contributed by atoms with E-state index in [0.717, 1.165) is 87.9 Å². The van der Waals surface area contributed by atoms with Crippen LogP contribution in [-0.2, 0) is 0 Å². The molecule has 11 rings (SSSR count). The van der Waals surface area contributed by atoms with Crippen LogP contribution in [0, 0.1) is 0 Å². The van der Waals surface area contributed by atoms with Crippen molar-refractivity contribution >= 4 is 65.7 Å². The van der Waals surface area contributed by atoms with E-state index in [1.807, 2.05) is 66.7 Å². The highest BCUT2D eigenvalue weighted by atomic mass is 16.3. The van der Waals surface area contributed by atoms with E-state index >= 15 is 0 Å². The predicted octanol–water partition coefficient (Wildman–Crippen LogP) is 11.8. The molecule has 238 valence electrons. The number of furan rings is 2. The molecule has 0 bridgehead atoms. The highest BCUT2D eigenvalue weighted by Crippen LogP contribution is 2.40. The van der Waals surface area contributed by atoms with Gasteiger partial charge in [0.05, 0.1) is 11.0 Å². The lowest BCUT2D eigenvalue weighted by molar-refractivity contribution is 0.668. The van der Waals surface area contributed by atoms with E-state index < -0.39 is 0 Å². The number of nitrogens with zero attached hydrogens (tertiary/aromatic N) is 4. The van der Waals surface area contributed by atoms with Crippen molar-refractivity contribution in [2.24, 2.45) is 0 Å². The van der Waals surface area contributed by atoms with Gasteiger partial charge in [-0.05, 0) is 47.5 Å². The molecule has 51 heavy (non-hydrogen) atoms. The van der Waals surface area contributed by atoms with E-state index in [-0.39, 0.29) is 0 Å². The summed E-state index contributed by atoms with van der Waals surface area (Å²) in [5.74, 6) is 1.67. The smallest absolute Gasteiger partial charge is 0.238 e. The molecular weight excluding hydrogens is 629 g/mol. The first-order valence-corrected chi connectivity index (χ1v) is 16.9. The Morgan fingerprint density at radius 2 is 1.06 bits per heavy atom. The monoisotopic (exact) mass is 654 g/mol. The number of rotatable bonds is 4. The van der Waals surface area contributed by atoms with E-state index in [9.17, 15) is 0 Å². The van der Waals surface area contributed by atoms with E-state index in [0.29, 0.717) is 17.6 Å². The highest BCUT2D eigenvalue weighted by Gasteiger charge is 2.22. The maximum atomic E-state index is 6.42. The molecule has 0 saturated heterocycles. The molecule has 11 aromatic rings. The van der Waals surface area contributed by atoms with Gasteiger partial charge in [0.25, 0.3) is 0 Å². The summed E-state index contributed by atoms with van der Waals surface area (Å²) < 4.78 is 14.9. The molecule has 0 aliphatic heterocycles. The molecular formula is C45H26N4O2. The Morgan fingerprint density at radius 1 is 0.373 bits per heavy atom.